The topological polar surface area (TPSA) is 49.7 Å². The quantitative estimate of drug-likeness (QED) is 0.780. The largest absolute Gasteiger partial charge is 0.494 e. The van der Waals surface area contributed by atoms with Crippen LogP contribution in [0.2, 0.25) is 0 Å². The third kappa shape index (κ3) is 3.22. The number of hydrogen-bond donors (Lipinski definition) is 2. The number of rotatable bonds is 5. The highest BCUT2D eigenvalue weighted by molar-refractivity contribution is 5.28. The number of ether oxygens (including phenoxy) is 1. The van der Waals surface area contributed by atoms with Crippen LogP contribution in [0.4, 0.5) is 0 Å². The van der Waals surface area contributed by atoms with Crippen molar-refractivity contribution in [2.24, 2.45) is 0 Å². The van der Waals surface area contributed by atoms with Crippen LogP contribution in [0.15, 0.2) is 24.3 Å². The van der Waals surface area contributed by atoms with E-state index in [1.54, 1.807) is 24.3 Å². The van der Waals surface area contributed by atoms with Crippen molar-refractivity contribution in [2.45, 2.75) is 32.5 Å². The van der Waals surface area contributed by atoms with Gasteiger partial charge in [-0.1, -0.05) is 19.1 Å². The molecule has 0 heterocycles. The zero-order valence-corrected chi connectivity index (χ0v) is 9.18. The number of hydrogen-bond acceptors (Lipinski definition) is 3. The van der Waals surface area contributed by atoms with Crippen molar-refractivity contribution < 1.29 is 14.9 Å². The highest BCUT2D eigenvalue weighted by Crippen LogP contribution is 2.21. The maximum absolute atomic E-state index is 9.72. The second-order valence-electron chi connectivity index (χ2n) is 3.42. The Kier molecular flexibility index (Phi) is 4.59. The molecule has 1 aromatic carbocycles. The van der Waals surface area contributed by atoms with Crippen molar-refractivity contribution in [1.29, 1.82) is 0 Å². The van der Waals surface area contributed by atoms with Gasteiger partial charge in [-0.2, -0.15) is 0 Å². The zero-order chi connectivity index (χ0) is 11.3. The van der Waals surface area contributed by atoms with Crippen LogP contribution in [0, 0.1) is 0 Å². The molecule has 2 atom stereocenters. The average Bonchev–Trinajstić information content (AvgIpc) is 2.28. The smallest absolute Gasteiger partial charge is 0.119 e. The van der Waals surface area contributed by atoms with Gasteiger partial charge in [-0.05, 0) is 31.0 Å². The first-order chi connectivity index (χ1) is 7.19. The van der Waals surface area contributed by atoms with Gasteiger partial charge in [0.25, 0.3) is 0 Å². The van der Waals surface area contributed by atoms with Gasteiger partial charge in [0.05, 0.1) is 12.7 Å². The lowest BCUT2D eigenvalue weighted by atomic mass is 10.0. The van der Waals surface area contributed by atoms with E-state index in [0.717, 1.165) is 5.75 Å². The molecule has 0 aliphatic carbocycles. The van der Waals surface area contributed by atoms with Gasteiger partial charge >= 0.3 is 0 Å². The van der Waals surface area contributed by atoms with E-state index in [4.69, 9.17) is 4.74 Å². The Morgan fingerprint density at radius 2 is 1.73 bits per heavy atom. The Morgan fingerprint density at radius 3 is 2.20 bits per heavy atom. The first-order valence-corrected chi connectivity index (χ1v) is 5.28. The van der Waals surface area contributed by atoms with E-state index in [1.807, 2.05) is 13.8 Å². The van der Waals surface area contributed by atoms with Crippen molar-refractivity contribution >= 4 is 0 Å². The van der Waals surface area contributed by atoms with Crippen LogP contribution in [0.1, 0.15) is 31.9 Å². The molecule has 84 valence electrons. The first-order valence-electron chi connectivity index (χ1n) is 5.28. The molecule has 0 saturated heterocycles. The minimum Gasteiger partial charge on any atom is -0.494 e. The molecule has 0 spiro atoms. The lowest BCUT2D eigenvalue weighted by Crippen LogP contribution is -2.16. The monoisotopic (exact) mass is 210 g/mol. The normalized spacial score (nSPS) is 14.7. The molecule has 3 heteroatoms. The minimum absolute atomic E-state index is 0.536. The lowest BCUT2D eigenvalue weighted by molar-refractivity contribution is 0.0164. The van der Waals surface area contributed by atoms with Crippen LogP contribution in [0.5, 0.6) is 5.75 Å². The molecule has 0 aliphatic rings. The van der Waals surface area contributed by atoms with E-state index in [9.17, 15) is 10.2 Å². The molecule has 0 bridgehead atoms. The molecule has 1 aromatic rings. The fourth-order valence-corrected chi connectivity index (χ4v) is 1.37. The molecule has 2 N–H and O–H groups in total. The van der Waals surface area contributed by atoms with Gasteiger partial charge in [0, 0.05) is 0 Å². The van der Waals surface area contributed by atoms with Gasteiger partial charge in [0.2, 0.25) is 0 Å². The summed E-state index contributed by atoms with van der Waals surface area (Å²) in [5.74, 6) is 0.777. The molecule has 0 radical (unpaired) electrons. The van der Waals surface area contributed by atoms with E-state index in [1.165, 1.54) is 0 Å². The van der Waals surface area contributed by atoms with E-state index >= 15 is 0 Å². The molecule has 2 unspecified atom stereocenters. The third-order valence-corrected chi connectivity index (χ3v) is 2.32. The van der Waals surface area contributed by atoms with Gasteiger partial charge in [-0.15, -0.1) is 0 Å². The fraction of sp³-hybridized carbons (Fsp3) is 0.500. The summed E-state index contributed by atoms with van der Waals surface area (Å²) in [5.41, 5.74) is 0.716. The van der Waals surface area contributed by atoms with Gasteiger partial charge in [-0.3, -0.25) is 0 Å². The summed E-state index contributed by atoms with van der Waals surface area (Å²) in [4.78, 5) is 0. The molecule has 15 heavy (non-hydrogen) atoms. The lowest BCUT2D eigenvalue weighted by Gasteiger charge is -2.16. The molecule has 0 aliphatic heterocycles. The molecule has 0 aromatic heterocycles. The Bertz CT molecular complexity index is 281. The number of aliphatic hydroxyl groups excluding tert-OH is 2. The van der Waals surface area contributed by atoms with E-state index in [-0.39, 0.29) is 0 Å². The SMILES string of the molecule is CCOc1ccc(C(O)C(O)CC)cc1. The third-order valence-electron chi connectivity index (χ3n) is 2.32. The minimum atomic E-state index is -0.814. The summed E-state index contributed by atoms with van der Waals surface area (Å²) in [6.07, 6.45) is -0.984. The van der Waals surface area contributed by atoms with Gasteiger partial charge in [0.1, 0.15) is 11.9 Å². The first kappa shape index (κ1) is 12.0. The predicted molar refractivity (Wildman–Crippen MR) is 58.9 cm³/mol. The standard InChI is InChI=1S/C12H18O3/c1-3-11(13)12(14)9-5-7-10(8-6-9)15-4-2/h5-8,11-14H,3-4H2,1-2H3. The highest BCUT2D eigenvalue weighted by Gasteiger charge is 2.15. The van der Waals surface area contributed by atoms with Crippen LogP contribution in [-0.4, -0.2) is 22.9 Å². The highest BCUT2D eigenvalue weighted by atomic mass is 16.5. The molecule has 0 fully saturated rings. The van der Waals surface area contributed by atoms with Crippen molar-refractivity contribution in [3.8, 4) is 5.75 Å². The Balaban J connectivity index is 2.70. The molecule has 0 amide bonds. The van der Waals surface area contributed by atoms with Crippen molar-refractivity contribution in [3.63, 3.8) is 0 Å². The van der Waals surface area contributed by atoms with Gasteiger partial charge in [-0.25, -0.2) is 0 Å². The second kappa shape index (κ2) is 5.73. The maximum atomic E-state index is 9.72. The average molecular weight is 210 g/mol. The fourth-order valence-electron chi connectivity index (χ4n) is 1.37. The molecule has 3 nitrogen and oxygen atoms in total. The van der Waals surface area contributed by atoms with Crippen LogP contribution >= 0.6 is 0 Å². The zero-order valence-electron chi connectivity index (χ0n) is 9.18. The summed E-state index contributed by atoms with van der Waals surface area (Å²) < 4.78 is 5.28. The van der Waals surface area contributed by atoms with Gasteiger partial charge in [0.15, 0.2) is 0 Å². The molecule has 0 saturated carbocycles. The Morgan fingerprint density at radius 1 is 1.13 bits per heavy atom. The van der Waals surface area contributed by atoms with E-state index in [0.29, 0.717) is 18.6 Å². The maximum Gasteiger partial charge on any atom is 0.119 e. The molecular weight excluding hydrogens is 192 g/mol. The number of aliphatic hydroxyl groups is 2. The Hall–Kier alpha value is -1.06. The van der Waals surface area contributed by atoms with Gasteiger partial charge < -0.3 is 14.9 Å². The molecule has 1 rings (SSSR count). The van der Waals surface area contributed by atoms with Crippen LogP contribution < -0.4 is 4.74 Å². The van der Waals surface area contributed by atoms with Crippen molar-refractivity contribution in [2.75, 3.05) is 6.61 Å². The summed E-state index contributed by atoms with van der Waals surface area (Å²) in [6, 6.07) is 7.14. The van der Waals surface area contributed by atoms with Crippen LogP contribution in [-0.2, 0) is 0 Å². The number of benzene rings is 1. The van der Waals surface area contributed by atoms with E-state index < -0.39 is 12.2 Å². The summed E-state index contributed by atoms with van der Waals surface area (Å²) in [7, 11) is 0. The summed E-state index contributed by atoms with van der Waals surface area (Å²) in [6.45, 7) is 4.38. The van der Waals surface area contributed by atoms with E-state index in [2.05, 4.69) is 0 Å². The summed E-state index contributed by atoms with van der Waals surface area (Å²) >= 11 is 0. The van der Waals surface area contributed by atoms with Crippen molar-refractivity contribution in [1.82, 2.24) is 0 Å². The predicted octanol–water partition coefficient (Wildman–Crippen LogP) is 1.89. The summed E-state index contributed by atoms with van der Waals surface area (Å²) in [5, 5.41) is 19.2. The molecular formula is C12H18O3. The van der Waals surface area contributed by atoms with Crippen molar-refractivity contribution in [3.05, 3.63) is 29.8 Å². The second-order valence-corrected chi connectivity index (χ2v) is 3.42. The van der Waals surface area contributed by atoms with Crippen LogP contribution in [0.25, 0.3) is 0 Å². The Labute approximate surface area is 90.3 Å². The van der Waals surface area contributed by atoms with Crippen LogP contribution in [0.3, 0.4) is 0 Å².